The lowest BCUT2D eigenvalue weighted by molar-refractivity contribution is -0.0227. The van der Waals surface area contributed by atoms with E-state index >= 15 is 0 Å². The molecule has 0 aliphatic rings. The Hall–Kier alpha value is -0.570. The van der Waals surface area contributed by atoms with Crippen molar-refractivity contribution in [3.63, 3.8) is 0 Å². The summed E-state index contributed by atoms with van der Waals surface area (Å²) in [5.74, 6) is 0. The van der Waals surface area contributed by atoms with Crippen LogP contribution in [0.5, 0.6) is 0 Å². The van der Waals surface area contributed by atoms with Crippen LogP contribution < -0.4 is 0 Å². The summed E-state index contributed by atoms with van der Waals surface area (Å²) in [5.41, 5.74) is 0.829. The molecule has 2 unspecified atom stereocenters. The molecule has 0 saturated heterocycles. The molecule has 0 amide bonds. The molecule has 0 aliphatic carbocycles. The molecule has 0 aliphatic heterocycles. The molecule has 3 heteroatoms. The average molecular weight is 215 g/mol. The Morgan fingerprint density at radius 3 is 2.43 bits per heavy atom. The van der Waals surface area contributed by atoms with E-state index in [1.165, 1.54) is 0 Å². The number of hydrogen-bond donors (Lipinski definition) is 1. The van der Waals surface area contributed by atoms with Crippen molar-refractivity contribution < 1.29 is 9.84 Å². The van der Waals surface area contributed by atoms with Crippen LogP contribution >= 0.6 is 11.6 Å². The van der Waals surface area contributed by atoms with Gasteiger partial charge in [0.1, 0.15) is 6.10 Å². The molecule has 0 spiro atoms. The Labute approximate surface area is 89.5 Å². The molecule has 78 valence electrons. The number of aliphatic hydroxyl groups is 1. The molecule has 0 fully saturated rings. The highest BCUT2D eigenvalue weighted by Crippen LogP contribution is 2.20. The van der Waals surface area contributed by atoms with Crippen LogP contribution in [0.1, 0.15) is 25.5 Å². The third-order valence-corrected chi connectivity index (χ3v) is 2.34. The molecule has 1 aromatic carbocycles. The molecular formula is C11H15ClO2. The van der Waals surface area contributed by atoms with E-state index < -0.39 is 6.10 Å². The Morgan fingerprint density at radius 2 is 1.93 bits per heavy atom. The molecule has 2 nitrogen and oxygen atoms in total. The second-order valence-corrected chi connectivity index (χ2v) is 3.59. The first-order valence-corrected chi connectivity index (χ1v) is 5.08. The van der Waals surface area contributed by atoms with Gasteiger partial charge in [-0.05, 0) is 31.5 Å². The third kappa shape index (κ3) is 2.98. The van der Waals surface area contributed by atoms with Gasteiger partial charge in [-0.1, -0.05) is 23.7 Å². The minimum Gasteiger partial charge on any atom is -0.386 e. The van der Waals surface area contributed by atoms with Gasteiger partial charge in [0, 0.05) is 11.6 Å². The Kier molecular flexibility index (Phi) is 4.39. The average Bonchev–Trinajstić information content (AvgIpc) is 2.18. The molecule has 1 rings (SSSR count). The van der Waals surface area contributed by atoms with Crippen LogP contribution in [-0.4, -0.2) is 17.8 Å². The molecule has 0 saturated carbocycles. The van der Waals surface area contributed by atoms with Gasteiger partial charge in [-0.25, -0.2) is 0 Å². The minimum atomic E-state index is -0.591. The van der Waals surface area contributed by atoms with Crippen LogP contribution in [0.4, 0.5) is 0 Å². The number of rotatable bonds is 4. The SMILES string of the molecule is CCOC(C)C(O)c1ccc(Cl)cc1. The van der Waals surface area contributed by atoms with Crippen molar-refractivity contribution >= 4 is 11.6 Å². The van der Waals surface area contributed by atoms with Crippen LogP contribution in [0.2, 0.25) is 5.02 Å². The zero-order chi connectivity index (χ0) is 10.6. The van der Waals surface area contributed by atoms with E-state index in [4.69, 9.17) is 16.3 Å². The quantitative estimate of drug-likeness (QED) is 0.835. The zero-order valence-corrected chi connectivity index (χ0v) is 9.16. The fourth-order valence-electron chi connectivity index (χ4n) is 1.29. The van der Waals surface area contributed by atoms with E-state index in [0.29, 0.717) is 11.6 Å². The van der Waals surface area contributed by atoms with Gasteiger partial charge in [0.2, 0.25) is 0 Å². The lowest BCUT2D eigenvalue weighted by Crippen LogP contribution is -2.18. The minimum absolute atomic E-state index is 0.193. The summed E-state index contributed by atoms with van der Waals surface area (Å²) in [4.78, 5) is 0. The normalized spacial score (nSPS) is 15.1. The highest BCUT2D eigenvalue weighted by molar-refractivity contribution is 6.30. The molecule has 0 radical (unpaired) electrons. The second kappa shape index (κ2) is 5.35. The molecule has 0 bridgehead atoms. The maximum Gasteiger partial charge on any atom is 0.105 e. The van der Waals surface area contributed by atoms with E-state index in [9.17, 15) is 5.11 Å². The lowest BCUT2D eigenvalue weighted by atomic mass is 10.1. The number of halogens is 1. The van der Waals surface area contributed by atoms with Gasteiger partial charge in [0.25, 0.3) is 0 Å². The van der Waals surface area contributed by atoms with Crippen LogP contribution in [0.25, 0.3) is 0 Å². The highest BCUT2D eigenvalue weighted by atomic mass is 35.5. The predicted molar refractivity (Wildman–Crippen MR) is 57.5 cm³/mol. The molecule has 1 N–H and O–H groups in total. The third-order valence-electron chi connectivity index (χ3n) is 2.09. The van der Waals surface area contributed by atoms with Crippen molar-refractivity contribution in [2.24, 2.45) is 0 Å². The monoisotopic (exact) mass is 214 g/mol. The largest absolute Gasteiger partial charge is 0.386 e. The first-order chi connectivity index (χ1) is 6.65. The molecule has 0 heterocycles. The Bertz CT molecular complexity index is 271. The van der Waals surface area contributed by atoms with Gasteiger partial charge in [-0.2, -0.15) is 0 Å². The van der Waals surface area contributed by atoms with Crippen molar-refractivity contribution in [1.82, 2.24) is 0 Å². The smallest absolute Gasteiger partial charge is 0.105 e. The standard InChI is InChI=1S/C11H15ClO2/c1-3-14-8(2)11(13)9-4-6-10(12)7-5-9/h4-8,11,13H,3H2,1-2H3. The summed E-state index contributed by atoms with van der Waals surface area (Å²) in [6.45, 7) is 4.36. The van der Waals surface area contributed by atoms with Crippen molar-refractivity contribution in [2.45, 2.75) is 26.1 Å². The van der Waals surface area contributed by atoms with Gasteiger partial charge in [0.15, 0.2) is 0 Å². The summed E-state index contributed by atoms with van der Waals surface area (Å²) in [5, 5.41) is 10.5. The molecule has 14 heavy (non-hydrogen) atoms. The summed E-state index contributed by atoms with van der Waals surface area (Å²) in [6.07, 6.45) is -0.784. The van der Waals surface area contributed by atoms with E-state index in [2.05, 4.69) is 0 Å². The van der Waals surface area contributed by atoms with Gasteiger partial charge in [0.05, 0.1) is 6.10 Å². The van der Waals surface area contributed by atoms with E-state index in [0.717, 1.165) is 5.56 Å². The van der Waals surface area contributed by atoms with Crippen LogP contribution in [0, 0.1) is 0 Å². The summed E-state index contributed by atoms with van der Waals surface area (Å²) < 4.78 is 5.31. The predicted octanol–water partition coefficient (Wildman–Crippen LogP) is 2.80. The molecule has 2 atom stereocenters. The Balaban J connectivity index is 2.68. The van der Waals surface area contributed by atoms with Crippen LogP contribution in [-0.2, 0) is 4.74 Å². The summed E-state index contributed by atoms with van der Waals surface area (Å²) in [7, 11) is 0. The van der Waals surface area contributed by atoms with Crippen molar-refractivity contribution in [2.75, 3.05) is 6.61 Å². The van der Waals surface area contributed by atoms with Crippen molar-refractivity contribution in [3.05, 3.63) is 34.9 Å². The number of hydrogen-bond acceptors (Lipinski definition) is 2. The lowest BCUT2D eigenvalue weighted by Gasteiger charge is -2.18. The second-order valence-electron chi connectivity index (χ2n) is 3.16. The van der Waals surface area contributed by atoms with Crippen LogP contribution in [0.15, 0.2) is 24.3 Å². The fraction of sp³-hybridized carbons (Fsp3) is 0.455. The summed E-state index contributed by atoms with van der Waals surface area (Å²) in [6, 6.07) is 7.14. The fourth-order valence-corrected chi connectivity index (χ4v) is 1.41. The summed E-state index contributed by atoms with van der Waals surface area (Å²) >= 11 is 5.74. The van der Waals surface area contributed by atoms with E-state index in [1.54, 1.807) is 12.1 Å². The van der Waals surface area contributed by atoms with E-state index in [1.807, 2.05) is 26.0 Å². The van der Waals surface area contributed by atoms with Crippen molar-refractivity contribution in [3.8, 4) is 0 Å². The van der Waals surface area contributed by atoms with Gasteiger partial charge < -0.3 is 9.84 Å². The number of ether oxygens (including phenoxy) is 1. The van der Waals surface area contributed by atoms with E-state index in [-0.39, 0.29) is 6.10 Å². The highest BCUT2D eigenvalue weighted by Gasteiger charge is 2.15. The van der Waals surface area contributed by atoms with Gasteiger partial charge in [-0.15, -0.1) is 0 Å². The molecular weight excluding hydrogens is 200 g/mol. The van der Waals surface area contributed by atoms with Gasteiger partial charge >= 0.3 is 0 Å². The number of aliphatic hydroxyl groups excluding tert-OH is 1. The first-order valence-electron chi connectivity index (χ1n) is 4.70. The first kappa shape index (κ1) is 11.5. The molecule has 0 aromatic heterocycles. The van der Waals surface area contributed by atoms with Crippen LogP contribution in [0.3, 0.4) is 0 Å². The number of benzene rings is 1. The molecule has 1 aromatic rings. The van der Waals surface area contributed by atoms with Gasteiger partial charge in [-0.3, -0.25) is 0 Å². The zero-order valence-electron chi connectivity index (χ0n) is 8.40. The Morgan fingerprint density at radius 1 is 1.36 bits per heavy atom. The maximum atomic E-state index is 9.84. The van der Waals surface area contributed by atoms with Crippen molar-refractivity contribution in [1.29, 1.82) is 0 Å². The topological polar surface area (TPSA) is 29.5 Å². The maximum absolute atomic E-state index is 9.84.